The summed E-state index contributed by atoms with van der Waals surface area (Å²) in [6.45, 7) is 4.08. The number of carbonyl (C=O) groups is 1. The Morgan fingerprint density at radius 2 is 1.58 bits per heavy atom. The highest BCUT2D eigenvalue weighted by atomic mass is 32.1. The van der Waals surface area contributed by atoms with Crippen molar-refractivity contribution in [1.29, 1.82) is 0 Å². The van der Waals surface area contributed by atoms with Crippen molar-refractivity contribution >= 4 is 29.0 Å². The van der Waals surface area contributed by atoms with Crippen molar-refractivity contribution in [2.24, 2.45) is 0 Å². The summed E-state index contributed by atoms with van der Waals surface area (Å²) in [6.07, 6.45) is 1.78. The van der Waals surface area contributed by atoms with Crippen LogP contribution in [0, 0.1) is 13.8 Å². The minimum atomic E-state index is -0.962. The van der Waals surface area contributed by atoms with Crippen LogP contribution < -0.4 is 19.7 Å². The first kappa shape index (κ1) is 28.0. The molecule has 1 saturated heterocycles. The van der Waals surface area contributed by atoms with Crippen LogP contribution in [-0.4, -0.2) is 32.8 Å². The van der Waals surface area contributed by atoms with Crippen molar-refractivity contribution in [3.63, 3.8) is 0 Å². The molecule has 1 aliphatic heterocycles. The van der Waals surface area contributed by atoms with Crippen LogP contribution in [0.1, 0.15) is 45.1 Å². The molecule has 0 spiro atoms. The van der Waals surface area contributed by atoms with E-state index in [1.165, 1.54) is 0 Å². The van der Waals surface area contributed by atoms with Gasteiger partial charge in [-0.2, -0.15) is 0 Å². The molecule has 6 rings (SSSR count). The number of methoxy groups -OCH3 is 1. The molecule has 2 unspecified atom stereocenters. The van der Waals surface area contributed by atoms with E-state index >= 15 is 0 Å². The fourth-order valence-electron chi connectivity index (χ4n) is 5.67. The van der Waals surface area contributed by atoms with Gasteiger partial charge < -0.3 is 29.4 Å². The fourth-order valence-corrected chi connectivity index (χ4v) is 6.01. The zero-order valence-electron chi connectivity index (χ0n) is 23.9. The second-order valence-electron chi connectivity index (χ2n) is 10.3. The van der Waals surface area contributed by atoms with Crippen molar-refractivity contribution in [2.45, 2.75) is 25.9 Å². The lowest BCUT2D eigenvalue weighted by molar-refractivity contribution is 0.0697. The summed E-state index contributed by atoms with van der Waals surface area (Å²) < 4.78 is 13.4. The van der Waals surface area contributed by atoms with Crippen LogP contribution in [0.5, 0.6) is 17.2 Å². The molecule has 0 saturated carbocycles. The van der Waals surface area contributed by atoms with Crippen LogP contribution in [0.15, 0.2) is 103 Å². The molecule has 0 bridgehead atoms. The molecule has 2 aromatic heterocycles. The molecule has 3 aromatic carbocycles. The summed E-state index contributed by atoms with van der Waals surface area (Å²) in [5.41, 5.74) is 5.82. The molecule has 5 aromatic rings. The minimum absolute atomic E-state index is 0.219. The maximum absolute atomic E-state index is 11.7. The van der Waals surface area contributed by atoms with Gasteiger partial charge >= 0.3 is 5.97 Å². The highest BCUT2D eigenvalue weighted by molar-refractivity contribution is 7.80. The Morgan fingerprint density at radius 1 is 0.884 bits per heavy atom. The number of nitrogens with zero attached hydrogens (tertiary/aromatic N) is 3. The van der Waals surface area contributed by atoms with E-state index in [4.69, 9.17) is 21.7 Å². The van der Waals surface area contributed by atoms with Gasteiger partial charge in [-0.25, -0.2) is 4.79 Å². The predicted octanol–water partition coefficient (Wildman–Crippen LogP) is 7.17. The highest BCUT2D eigenvalue weighted by Gasteiger charge is 2.42. The molecule has 216 valence electrons. The van der Waals surface area contributed by atoms with E-state index in [1.54, 1.807) is 31.5 Å². The fraction of sp³-hybridized carbons (Fsp3) is 0.147. The number of carboxylic acids is 1. The van der Waals surface area contributed by atoms with E-state index < -0.39 is 5.97 Å². The van der Waals surface area contributed by atoms with Crippen LogP contribution in [0.4, 0.5) is 5.69 Å². The summed E-state index contributed by atoms with van der Waals surface area (Å²) in [6, 6.07) is 29.8. The van der Waals surface area contributed by atoms with Gasteiger partial charge in [-0.15, -0.1) is 0 Å². The number of benzene rings is 3. The number of hydrogen-bond acceptors (Lipinski definition) is 5. The number of nitrogens with one attached hydrogen (secondary N) is 1. The second kappa shape index (κ2) is 11.6. The van der Waals surface area contributed by atoms with E-state index in [1.807, 2.05) is 79.7 Å². The molecule has 0 radical (unpaired) electrons. The Kier molecular flexibility index (Phi) is 7.56. The Hall–Kier alpha value is -5.15. The molecule has 1 aliphatic rings. The van der Waals surface area contributed by atoms with E-state index in [0.29, 0.717) is 16.6 Å². The summed E-state index contributed by atoms with van der Waals surface area (Å²) in [5, 5.41) is 13.7. The van der Waals surface area contributed by atoms with E-state index in [2.05, 4.69) is 32.8 Å². The van der Waals surface area contributed by atoms with E-state index in [-0.39, 0.29) is 17.6 Å². The van der Waals surface area contributed by atoms with Gasteiger partial charge in [0.05, 0.1) is 30.5 Å². The van der Waals surface area contributed by atoms with E-state index in [9.17, 15) is 9.90 Å². The topological polar surface area (TPSA) is 88.9 Å². The number of thiocarbonyl (C=S) groups is 1. The summed E-state index contributed by atoms with van der Waals surface area (Å²) in [4.78, 5) is 18.5. The summed E-state index contributed by atoms with van der Waals surface area (Å²) in [7, 11) is 1.63. The maximum Gasteiger partial charge on any atom is 0.335 e. The molecule has 1 fully saturated rings. The summed E-state index contributed by atoms with van der Waals surface area (Å²) in [5.74, 6) is 1.21. The average Bonchev–Trinajstić information content (AvgIpc) is 3.52. The largest absolute Gasteiger partial charge is 0.497 e. The maximum atomic E-state index is 11.7. The van der Waals surface area contributed by atoms with Gasteiger partial charge in [0, 0.05) is 29.0 Å². The molecule has 8 nitrogen and oxygen atoms in total. The lowest BCUT2D eigenvalue weighted by Gasteiger charge is -2.28. The number of carboxylic acid groups (broad SMARTS) is 1. The summed E-state index contributed by atoms with van der Waals surface area (Å²) >= 11 is 5.93. The van der Waals surface area contributed by atoms with Crippen LogP contribution in [0.2, 0.25) is 0 Å². The first-order valence-corrected chi connectivity index (χ1v) is 14.2. The smallest absolute Gasteiger partial charge is 0.335 e. The number of anilines is 1. The number of hydrogen-bond donors (Lipinski definition) is 2. The van der Waals surface area contributed by atoms with Gasteiger partial charge in [0.25, 0.3) is 0 Å². The van der Waals surface area contributed by atoms with Crippen LogP contribution in [0.25, 0.3) is 5.69 Å². The number of rotatable bonds is 8. The molecule has 2 N–H and O–H groups in total. The molecule has 2 atom stereocenters. The van der Waals surface area contributed by atoms with Crippen LogP contribution in [0.3, 0.4) is 0 Å². The van der Waals surface area contributed by atoms with Crippen molar-refractivity contribution < 1.29 is 19.4 Å². The third kappa shape index (κ3) is 5.42. The zero-order chi connectivity index (χ0) is 30.1. The first-order valence-electron chi connectivity index (χ1n) is 13.8. The normalized spacial score (nSPS) is 16.2. The Labute approximate surface area is 255 Å². The van der Waals surface area contributed by atoms with Crippen molar-refractivity contribution in [3.05, 3.63) is 131 Å². The number of ether oxygens (including phenoxy) is 2. The van der Waals surface area contributed by atoms with Gasteiger partial charge in [0.2, 0.25) is 0 Å². The number of pyridine rings is 1. The van der Waals surface area contributed by atoms with Crippen molar-refractivity contribution in [3.8, 4) is 22.9 Å². The number of aromatic nitrogens is 2. The Balaban J connectivity index is 1.39. The number of aryl methyl sites for hydroxylation is 1. The Bertz CT molecular complexity index is 1790. The average molecular weight is 591 g/mol. The molecule has 43 heavy (non-hydrogen) atoms. The van der Waals surface area contributed by atoms with Gasteiger partial charge in [-0.1, -0.05) is 12.1 Å². The van der Waals surface area contributed by atoms with Gasteiger partial charge in [0.1, 0.15) is 17.2 Å². The molecule has 9 heteroatoms. The monoisotopic (exact) mass is 590 g/mol. The van der Waals surface area contributed by atoms with Crippen molar-refractivity contribution in [2.75, 3.05) is 12.0 Å². The minimum Gasteiger partial charge on any atom is -0.497 e. The lowest BCUT2D eigenvalue weighted by atomic mass is 9.96. The zero-order valence-corrected chi connectivity index (χ0v) is 24.7. The van der Waals surface area contributed by atoms with Crippen LogP contribution in [-0.2, 0) is 0 Å². The second-order valence-corrected chi connectivity index (χ2v) is 10.7. The van der Waals surface area contributed by atoms with Gasteiger partial charge in [-0.05, 0) is 117 Å². The molecule has 0 amide bonds. The Morgan fingerprint density at radius 3 is 2.23 bits per heavy atom. The molecular formula is C34H30N4O4S. The SMILES string of the molecule is COc1ccc(Oc2ccc(N3C(=S)NC(c4ccccn4)C3c3cc(C)n(-c4cccc(C(=O)O)c4)c3C)cc2)cc1. The third-order valence-corrected chi connectivity index (χ3v) is 7.96. The first-order chi connectivity index (χ1) is 20.8. The standard InChI is InChI=1S/C34H30N4O4S/c1-21-19-29(22(2)37(21)25-8-6-7-23(20-25)33(39)40)32-31(30-9-4-5-18-35-30)36-34(43)38(32)24-10-12-27(13-11-24)42-28-16-14-26(41-3)15-17-28/h4-20,31-32H,1-3H3,(H,36,43)(H,39,40). The molecular weight excluding hydrogens is 560 g/mol. The molecule has 3 heterocycles. The molecule has 0 aliphatic carbocycles. The highest BCUT2D eigenvalue weighted by Crippen LogP contribution is 2.44. The van der Waals surface area contributed by atoms with Gasteiger partial charge in [-0.3, -0.25) is 4.98 Å². The van der Waals surface area contributed by atoms with E-state index in [0.717, 1.165) is 39.8 Å². The number of aromatic carboxylic acids is 1. The van der Waals surface area contributed by atoms with Gasteiger partial charge in [0.15, 0.2) is 5.11 Å². The lowest BCUT2D eigenvalue weighted by Crippen LogP contribution is -2.29. The van der Waals surface area contributed by atoms with Crippen LogP contribution >= 0.6 is 12.2 Å². The third-order valence-electron chi connectivity index (χ3n) is 7.65. The predicted molar refractivity (Wildman–Crippen MR) is 170 cm³/mol. The quantitative estimate of drug-likeness (QED) is 0.184. The van der Waals surface area contributed by atoms with Crippen molar-refractivity contribution in [1.82, 2.24) is 14.9 Å².